The van der Waals surface area contributed by atoms with Gasteiger partial charge in [0.2, 0.25) is 0 Å². The molecule has 1 spiro atoms. The molecular weight excluding hydrogens is 610 g/mol. The monoisotopic (exact) mass is 672 g/mol. The number of hydrogen-bond donors (Lipinski definition) is 2. The van der Waals surface area contributed by atoms with E-state index in [9.17, 15) is 0 Å². The van der Waals surface area contributed by atoms with Gasteiger partial charge in [-0.25, -0.2) is 0 Å². The van der Waals surface area contributed by atoms with E-state index in [-0.39, 0.29) is 7.92 Å². The first-order valence-corrected chi connectivity index (χ1v) is 32.8. The average Bonchev–Trinajstić information content (AvgIpc) is 3.65. The third-order valence-corrected chi connectivity index (χ3v) is 92.6. The number of nitrogens with one attached hydrogen (secondary N) is 2. The van der Waals surface area contributed by atoms with Crippen LogP contribution in [0.4, 0.5) is 0 Å². The molecule has 0 saturated carbocycles. The minimum atomic E-state index is -4.21. The topological polar surface area (TPSA) is 24.1 Å². The van der Waals surface area contributed by atoms with Crippen LogP contribution in [0.1, 0.15) is 54.4 Å². The summed E-state index contributed by atoms with van der Waals surface area (Å²) >= 11 is 0. The Hall–Kier alpha value is 1.73. The van der Waals surface area contributed by atoms with Crippen molar-refractivity contribution in [2.24, 2.45) is 11.8 Å². The van der Waals surface area contributed by atoms with Crippen LogP contribution in [0.2, 0.25) is 84.7 Å². The third kappa shape index (κ3) is 0.617. The molecule has 0 aliphatic carbocycles. The molecule has 12 aliphatic heterocycles. The Kier molecular flexibility index (Phi) is 2.33. The van der Waals surface area contributed by atoms with Gasteiger partial charge in [-0.2, -0.15) is 0 Å². The van der Waals surface area contributed by atoms with Crippen LogP contribution in [0.3, 0.4) is 0 Å². The Morgan fingerprint density at radius 1 is 0.756 bits per heavy atom. The fourth-order valence-electron chi connectivity index (χ4n) is 28.7. The Bertz CT molecular complexity index is 1730. The summed E-state index contributed by atoms with van der Waals surface area (Å²) in [7, 11) is 1.15. The molecule has 12 rings (SSSR count). The maximum absolute atomic E-state index is 4.21. The Balaban J connectivity index is 1.25. The standard InChI is InChI=1S/C29H57N2P2Si2.C5H5.Fe/c1-27(2,3)33(28(4,5)6)20-23-24(17-25(34(7,8)9)26(23)35(10,11)12)29(32,21-13-15-30-18-21)22-14-16-31-19-22;1-2-4-5-3-1;/h17,21-22,30-31H,13-16,18-20,32H2,1-12H3;1-5H;. The number of rotatable bonds is 7. The van der Waals surface area contributed by atoms with Gasteiger partial charge in [0.15, 0.2) is 0 Å². The van der Waals surface area contributed by atoms with Crippen LogP contribution < -0.4 is 10.6 Å². The molecule has 0 bridgehead atoms. The summed E-state index contributed by atoms with van der Waals surface area (Å²) in [5.74, 6) is 1.84. The number of hydrogen-bond acceptors (Lipinski definition) is 2. The summed E-state index contributed by atoms with van der Waals surface area (Å²) in [5.41, 5.74) is 0. The van der Waals surface area contributed by atoms with Gasteiger partial charge in [-0.05, 0) is 0 Å². The molecule has 2 N–H and O–H groups in total. The zero-order valence-electron chi connectivity index (χ0n) is 28.4. The third-order valence-electron chi connectivity index (χ3n) is 23.7. The van der Waals surface area contributed by atoms with Crippen LogP contribution in [-0.4, -0.2) is 64.0 Å². The quantitative estimate of drug-likeness (QED) is 0.208. The molecule has 0 aromatic carbocycles. The summed E-state index contributed by atoms with van der Waals surface area (Å²) in [4.78, 5) is 8.15. The summed E-state index contributed by atoms with van der Waals surface area (Å²) in [6, 6.07) is 0. The molecule has 0 radical (unpaired) electrons. The summed E-state index contributed by atoms with van der Waals surface area (Å²) < 4.78 is 3.67. The van der Waals surface area contributed by atoms with E-state index in [1.54, 1.807) is 6.16 Å². The van der Waals surface area contributed by atoms with Gasteiger partial charge in [-0.15, -0.1) is 0 Å². The molecule has 0 aromatic rings. The predicted octanol–water partition coefficient (Wildman–Crippen LogP) is 9.52. The van der Waals surface area contributed by atoms with Crippen LogP contribution in [0.25, 0.3) is 0 Å². The zero-order chi connectivity index (χ0) is 29.4. The fraction of sp³-hybridized carbons (Fsp3) is 1.00. The number of fused-ring (bicyclic) bond motifs is 10. The van der Waals surface area contributed by atoms with E-state index < -0.39 is 22.7 Å². The molecule has 0 amide bonds. The predicted molar refractivity (Wildman–Crippen MR) is 186 cm³/mol. The van der Waals surface area contributed by atoms with Crippen molar-refractivity contribution in [3.63, 3.8) is 0 Å². The maximum atomic E-state index is 4.03. The molecule has 8 unspecified atom stereocenters. The van der Waals surface area contributed by atoms with Crippen molar-refractivity contribution >= 4 is 33.3 Å². The Morgan fingerprint density at radius 3 is 1.49 bits per heavy atom. The normalized spacial score (nSPS) is 72.9. The van der Waals surface area contributed by atoms with E-state index in [0.29, 0.717) is 15.5 Å². The molecular formula is C34H62FeN2P2Si2. The Morgan fingerprint density at radius 2 is 1.20 bits per heavy atom. The van der Waals surface area contributed by atoms with Crippen molar-refractivity contribution in [3.8, 4) is 0 Å². The van der Waals surface area contributed by atoms with Crippen molar-refractivity contribution in [1.82, 2.24) is 10.6 Å². The minimum absolute atomic E-state index is 0.0573. The van der Waals surface area contributed by atoms with Gasteiger partial charge in [-0.1, -0.05) is 0 Å². The molecule has 0 aromatic heterocycles. The first-order valence-electron chi connectivity index (χ1n) is 17.7. The van der Waals surface area contributed by atoms with Gasteiger partial charge < -0.3 is 0 Å². The van der Waals surface area contributed by atoms with Crippen molar-refractivity contribution in [2.75, 3.05) is 32.3 Å². The molecule has 12 aliphatic rings. The van der Waals surface area contributed by atoms with Crippen LogP contribution in [0.15, 0.2) is 0 Å². The van der Waals surface area contributed by atoms with Gasteiger partial charge in [0.25, 0.3) is 0 Å². The molecule has 2 nitrogen and oxygen atoms in total. The van der Waals surface area contributed by atoms with E-state index in [1.165, 1.54) is 67.9 Å². The van der Waals surface area contributed by atoms with E-state index in [1.807, 2.05) is 0 Å². The molecule has 7 heteroatoms. The van der Waals surface area contributed by atoms with E-state index >= 15 is 0 Å². The second-order valence-electron chi connectivity index (χ2n) is 23.8. The van der Waals surface area contributed by atoms with Crippen LogP contribution in [0, 0.1) is 11.8 Å². The molecule has 8 atom stereocenters. The van der Waals surface area contributed by atoms with Crippen molar-refractivity contribution < 1.29 is 6.51 Å². The summed E-state index contributed by atoms with van der Waals surface area (Å²) in [6.45, 7) is 35.1. The van der Waals surface area contributed by atoms with Crippen LogP contribution in [-0.2, 0) is 6.51 Å². The summed E-state index contributed by atoms with van der Waals surface area (Å²) in [5, 5.41) is 9.42. The van der Waals surface area contributed by atoms with E-state index in [4.69, 9.17) is 0 Å². The summed E-state index contributed by atoms with van der Waals surface area (Å²) in [6.07, 6.45) is 4.68. The average molecular weight is 673 g/mol. The Labute approximate surface area is 247 Å². The first-order chi connectivity index (χ1) is 18.5. The van der Waals surface area contributed by atoms with Gasteiger partial charge in [0, 0.05) is 0 Å². The second kappa shape index (κ2) is 3.70. The van der Waals surface area contributed by atoms with E-state index in [0.717, 1.165) is 28.3 Å². The molecule has 12 heterocycles. The van der Waals surface area contributed by atoms with Crippen molar-refractivity contribution in [2.45, 2.75) is 155 Å². The van der Waals surface area contributed by atoms with Crippen molar-refractivity contribution in [3.05, 3.63) is 0 Å². The van der Waals surface area contributed by atoms with Gasteiger partial charge in [-0.3, -0.25) is 0 Å². The van der Waals surface area contributed by atoms with Crippen LogP contribution >= 0.6 is 17.2 Å². The van der Waals surface area contributed by atoms with Crippen molar-refractivity contribution in [1.29, 1.82) is 0 Å². The van der Waals surface area contributed by atoms with E-state index in [2.05, 4.69) is 101 Å². The van der Waals surface area contributed by atoms with Gasteiger partial charge >= 0.3 is 249 Å². The molecule has 234 valence electrons. The zero-order valence-corrected chi connectivity index (χ0v) is 33.6. The molecule has 12 saturated heterocycles. The van der Waals surface area contributed by atoms with Crippen LogP contribution in [0.5, 0.6) is 0 Å². The SMILES string of the molecule is CC(C)(C)P(C[C]12[C]3(C(P)(C4CCNC4)C4CCNC4)[CH]4[C]5([Si](C)(C)C)[C]1([Si](C)(C)C)[Fe]42351678[CH]2[CH]1[CH]6[CH]7[CH]28)C(C)(C)C. The van der Waals surface area contributed by atoms with Gasteiger partial charge in [0.1, 0.15) is 0 Å². The second-order valence-corrected chi connectivity index (χ2v) is 62.7. The molecule has 12 fully saturated rings. The first kappa shape index (κ1) is 25.8. The van der Waals surface area contributed by atoms with Gasteiger partial charge in [0.05, 0.1) is 0 Å². The fourth-order valence-corrected chi connectivity index (χ4v) is 176. The molecule has 41 heavy (non-hydrogen) atoms.